The number of nitrogens with zero attached hydrogens (tertiary/aromatic N) is 5. The Morgan fingerprint density at radius 2 is 1.92 bits per heavy atom. The molecule has 1 amide bonds. The maximum atomic E-state index is 12.4. The van der Waals surface area contributed by atoms with Gasteiger partial charge in [-0.25, -0.2) is 5.43 Å². The van der Waals surface area contributed by atoms with Gasteiger partial charge in [0, 0.05) is 34.0 Å². The maximum Gasteiger partial charge on any atom is 0.270 e. The van der Waals surface area contributed by atoms with Crippen molar-refractivity contribution in [3.05, 3.63) is 93.5 Å². The fourth-order valence-corrected chi connectivity index (χ4v) is 4.04. The Hall–Kier alpha value is -4.22. The number of nitro benzene ring substituents is 1. The summed E-state index contributed by atoms with van der Waals surface area (Å²) in [5.41, 5.74) is 4.44. The minimum atomic E-state index is -0.496. The number of thioether (sulfide) groups is 1. The molecule has 10 nitrogen and oxygen atoms in total. The van der Waals surface area contributed by atoms with Crippen LogP contribution in [0.25, 0.3) is 17.1 Å². The number of carbonyl (C=O) groups is 1. The minimum absolute atomic E-state index is 0.0145. The summed E-state index contributed by atoms with van der Waals surface area (Å²) in [5.74, 6) is 0.943. The topological polar surface area (TPSA) is 125 Å². The predicted octanol–water partition coefficient (Wildman–Crippen LogP) is 4.75. The fraction of sp³-hybridized carbons (Fsp3) is 0.0833. The van der Waals surface area contributed by atoms with Gasteiger partial charge in [-0.3, -0.25) is 19.5 Å². The molecule has 1 aromatic heterocycles. The Balaban J connectivity index is 1.50. The molecule has 36 heavy (non-hydrogen) atoms. The lowest BCUT2D eigenvalue weighted by atomic mass is 10.2. The number of carbonyl (C=O) groups excluding carboxylic acids is 1. The van der Waals surface area contributed by atoms with Crippen LogP contribution in [-0.2, 0) is 4.79 Å². The number of rotatable bonds is 9. The minimum Gasteiger partial charge on any atom is -0.497 e. The molecule has 0 saturated carbocycles. The van der Waals surface area contributed by atoms with Crippen LogP contribution < -0.4 is 10.2 Å². The Bertz CT molecular complexity index is 1410. The summed E-state index contributed by atoms with van der Waals surface area (Å²) in [5, 5.41) is 24.5. The fourth-order valence-electron chi connectivity index (χ4n) is 3.17. The van der Waals surface area contributed by atoms with Crippen LogP contribution in [0, 0.1) is 10.1 Å². The summed E-state index contributed by atoms with van der Waals surface area (Å²) in [6.45, 7) is 0. The van der Waals surface area contributed by atoms with Crippen LogP contribution in [0.15, 0.2) is 83.1 Å². The van der Waals surface area contributed by atoms with E-state index in [2.05, 4.69) is 20.7 Å². The lowest BCUT2D eigenvalue weighted by Crippen LogP contribution is -2.20. The summed E-state index contributed by atoms with van der Waals surface area (Å²) in [6, 6.07) is 20.5. The maximum absolute atomic E-state index is 12.4. The molecule has 0 bridgehead atoms. The Kier molecular flexibility index (Phi) is 7.93. The molecule has 0 atom stereocenters. The van der Waals surface area contributed by atoms with Crippen LogP contribution in [0.5, 0.6) is 5.75 Å². The van der Waals surface area contributed by atoms with E-state index in [1.54, 1.807) is 31.4 Å². The summed E-state index contributed by atoms with van der Waals surface area (Å²) in [7, 11) is 1.60. The van der Waals surface area contributed by atoms with Gasteiger partial charge in [0.1, 0.15) is 5.75 Å². The van der Waals surface area contributed by atoms with E-state index < -0.39 is 4.92 Å². The van der Waals surface area contributed by atoms with E-state index >= 15 is 0 Å². The van der Waals surface area contributed by atoms with Gasteiger partial charge in [0.05, 0.1) is 24.0 Å². The van der Waals surface area contributed by atoms with Gasteiger partial charge < -0.3 is 4.74 Å². The molecule has 0 spiro atoms. The molecule has 0 aliphatic carbocycles. The third-order valence-electron chi connectivity index (χ3n) is 4.88. The Morgan fingerprint density at radius 3 is 2.61 bits per heavy atom. The van der Waals surface area contributed by atoms with E-state index in [1.165, 1.54) is 30.1 Å². The first-order valence-corrected chi connectivity index (χ1v) is 11.9. The van der Waals surface area contributed by atoms with Crippen molar-refractivity contribution in [1.29, 1.82) is 0 Å². The van der Waals surface area contributed by atoms with E-state index in [1.807, 2.05) is 41.0 Å². The molecular formula is C24H19ClN6O4S. The third-order valence-corrected chi connectivity index (χ3v) is 6.06. The number of amides is 1. The van der Waals surface area contributed by atoms with Gasteiger partial charge in [0.2, 0.25) is 0 Å². The molecule has 1 N–H and O–H groups in total. The first-order chi connectivity index (χ1) is 17.4. The number of benzene rings is 3. The van der Waals surface area contributed by atoms with Gasteiger partial charge in [-0.15, -0.1) is 10.2 Å². The van der Waals surface area contributed by atoms with E-state index in [-0.39, 0.29) is 17.3 Å². The lowest BCUT2D eigenvalue weighted by Gasteiger charge is -2.11. The highest BCUT2D eigenvalue weighted by molar-refractivity contribution is 7.99. The van der Waals surface area contributed by atoms with Crippen molar-refractivity contribution < 1.29 is 14.5 Å². The number of hydrazone groups is 1. The molecule has 182 valence electrons. The molecule has 0 aliphatic rings. The smallest absolute Gasteiger partial charge is 0.270 e. The molecule has 4 aromatic rings. The number of hydrogen-bond donors (Lipinski definition) is 1. The second kappa shape index (κ2) is 11.5. The number of ether oxygens (including phenoxy) is 1. The van der Waals surface area contributed by atoms with Gasteiger partial charge in [-0.05, 0) is 48.5 Å². The molecule has 12 heteroatoms. The van der Waals surface area contributed by atoms with E-state index in [0.717, 1.165) is 11.3 Å². The monoisotopic (exact) mass is 522 g/mol. The number of nitrogens with one attached hydrogen (secondary N) is 1. The van der Waals surface area contributed by atoms with Crippen molar-refractivity contribution in [2.75, 3.05) is 12.9 Å². The number of hydrogen-bond acceptors (Lipinski definition) is 8. The zero-order chi connectivity index (χ0) is 25.5. The summed E-state index contributed by atoms with van der Waals surface area (Å²) in [6.07, 6.45) is 1.34. The number of halogens is 1. The predicted molar refractivity (Wildman–Crippen MR) is 138 cm³/mol. The Morgan fingerprint density at radius 1 is 1.17 bits per heavy atom. The van der Waals surface area contributed by atoms with Crippen LogP contribution in [0.3, 0.4) is 0 Å². The zero-order valence-corrected chi connectivity index (χ0v) is 20.4. The van der Waals surface area contributed by atoms with Crippen molar-refractivity contribution >= 4 is 41.2 Å². The number of methoxy groups -OCH3 is 1. The van der Waals surface area contributed by atoms with Gasteiger partial charge in [-0.1, -0.05) is 35.5 Å². The Labute approximate surface area is 215 Å². The van der Waals surface area contributed by atoms with E-state index in [9.17, 15) is 14.9 Å². The highest BCUT2D eigenvalue weighted by atomic mass is 35.5. The van der Waals surface area contributed by atoms with Crippen molar-refractivity contribution in [1.82, 2.24) is 20.2 Å². The summed E-state index contributed by atoms with van der Waals surface area (Å²) < 4.78 is 7.07. The average Bonchev–Trinajstić information content (AvgIpc) is 3.32. The summed E-state index contributed by atoms with van der Waals surface area (Å²) >= 11 is 7.25. The molecule has 0 fully saturated rings. The summed E-state index contributed by atoms with van der Waals surface area (Å²) in [4.78, 5) is 22.8. The molecular weight excluding hydrogens is 504 g/mol. The van der Waals surface area contributed by atoms with E-state index in [0.29, 0.717) is 27.3 Å². The zero-order valence-electron chi connectivity index (χ0n) is 18.9. The molecule has 0 unspecified atom stereocenters. The van der Waals surface area contributed by atoms with Crippen molar-refractivity contribution in [3.63, 3.8) is 0 Å². The van der Waals surface area contributed by atoms with Crippen LogP contribution in [0.4, 0.5) is 5.69 Å². The number of nitro groups is 1. The first kappa shape index (κ1) is 24.9. The molecule has 0 saturated heterocycles. The lowest BCUT2D eigenvalue weighted by molar-refractivity contribution is -0.384. The van der Waals surface area contributed by atoms with Gasteiger partial charge in [-0.2, -0.15) is 5.10 Å². The quantitative estimate of drug-likeness (QED) is 0.145. The van der Waals surface area contributed by atoms with Crippen LogP contribution in [-0.4, -0.2) is 44.7 Å². The van der Waals surface area contributed by atoms with Crippen molar-refractivity contribution in [3.8, 4) is 22.8 Å². The van der Waals surface area contributed by atoms with Gasteiger partial charge >= 0.3 is 0 Å². The van der Waals surface area contributed by atoms with Crippen LogP contribution in [0.2, 0.25) is 5.02 Å². The third kappa shape index (κ3) is 6.06. The molecule has 3 aromatic carbocycles. The second-order valence-corrected chi connectivity index (χ2v) is 8.66. The van der Waals surface area contributed by atoms with Crippen LogP contribution >= 0.6 is 23.4 Å². The van der Waals surface area contributed by atoms with Crippen molar-refractivity contribution in [2.45, 2.75) is 5.16 Å². The van der Waals surface area contributed by atoms with E-state index in [4.69, 9.17) is 16.3 Å². The largest absolute Gasteiger partial charge is 0.497 e. The highest BCUT2D eigenvalue weighted by Gasteiger charge is 2.17. The average molecular weight is 523 g/mol. The first-order valence-electron chi connectivity index (χ1n) is 10.5. The number of aromatic nitrogens is 3. The normalized spacial score (nSPS) is 10.9. The standard InChI is InChI=1S/C24H19ClN6O4S/c1-35-21-11-5-17(6-12-21)23-28-29-24(30(23)19-9-7-18(25)8-10-19)36-15-22(32)27-26-14-16-3-2-4-20(13-16)31(33)34/h2-14H,15H2,1H3,(H,27,32)/b26-14+. The van der Waals surface area contributed by atoms with Gasteiger partial charge in [0.15, 0.2) is 11.0 Å². The number of non-ortho nitro benzene ring substituents is 1. The highest BCUT2D eigenvalue weighted by Crippen LogP contribution is 2.29. The van der Waals surface area contributed by atoms with Crippen LogP contribution in [0.1, 0.15) is 5.56 Å². The van der Waals surface area contributed by atoms with Crippen molar-refractivity contribution in [2.24, 2.45) is 5.10 Å². The van der Waals surface area contributed by atoms with Gasteiger partial charge in [0.25, 0.3) is 11.6 Å². The molecule has 0 radical (unpaired) electrons. The molecule has 1 heterocycles. The molecule has 0 aliphatic heterocycles. The SMILES string of the molecule is COc1ccc(-c2nnc(SCC(=O)N/N=C/c3cccc([N+](=O)[O-])c3)n2-c2ccc(Cl)cc2)cc1. The second-order valence-electron chi connectivity index (χ2n) is 7.28. The molecule has 4 rings (SSSR count).